The van der Waals surface area contributed by atoms with E-state index in [2.05, 4.69) is 15.0 Å². The summed E-state index contributed by atoms with van der Waals surface area (Å²) in [6.45, 7) is -0.310. The smallest absolute Gasteiger partial charge is 0.263 e. The number of nitrogens with one attached hydrogen (secondary N) is 2. The molecule has 2 N–H and O–H groups in total. The molecule has 0 unspecified atom stereocenters. The number of anilines is 2. The summed E-state index contributed by atoms with van der Waals surface area (Å²) in [5.74, 6) is -0.233. The third-order valence-corrected chi connectivity index (χ3v) is 6.14. The summed E-state index contributed by atoms with van der Waals surface area (Å²) >= 11 is 13.1. The Kier molecular flexibility index (Phi) is 6.40. The van der Waals surface area contributed by atoms with Crippen LogP contribution in [-0.2, 0) is 14.8 Å². The molecule has 1 heterocycles. The molecule has 0 aliphatic rings. The number of carbonyl (C=O) groups excluding carboxylic acids is 1. The van der Waals surface area contributed by atoms with Crippen LogP contribution in [-0.4, -0.2) is 25.9 Å². The van der Waals surface area contributed by atoms with Crippen molar-refractivity contribution in [2.24, 2.45) is 0 Å². The predicted octanol–water partition coefficient (Wildman–Crippen LogP) is 4.27. The van der Waals surface area contributed by atoms with E-state index < -0.39 is 15.9 Å². The third-order valence-electron chi connectivity index (χ3n) is 3.37. The van der Waals surface area contributed by atoms with Gasteiger partial charge in [-0.25, -0.2) is 13.4 Å². The number of amides is 1. The lowest BCUT2D eigenvalue weighted by Gasteiger charge is -2.10. The summed E-state index contributed by atoms with van der Waals surface area (Å²) in [6, 6.07) is 10.5. The molecule has 0 radical (unpaired) electrons. The first-order valence-electron chi connectivity index (χ1n) is 7.74. The number of thiazole rings is 1. The number of hydrogen-bond acceptors (Lipinski definition) is 6. The fraction of sp³-hybridized carbons (Fsp3) is 0.0588. The molecular formula is C17H13Cl2N3O4S2. The van der Waals surface area contributed by atoms with E-state index in [0.717, 1.165) is 0 Å². The highest BCUT2D eigenvalue weighted by Gasteiger charge is 2.16. The van der Waals surface area contributed by atoms with E-state index in [-0.39, 0.29) is 22.4 Å². The molecular weight excluding hydrogens is 445 g/mol. The number of rotatable bonds is 7. The molecule has 11 heteroatoms. The second kappa shape index (κ2) is 8.78. The maximum absolute atomic E-state index is 12.3. The van der Waals surface area contributed by atoms with Crippen LogP contribution in [0.1, 0.15) is 0 Å². The first-order valence-corrected chi connectivity index (χ1v) is 10.9. The standard InChI is InChI=1S/C17H13Cl2N3O4S2/c18-13-2-1-3-14(19)16(13)26-10-15(23)21-11-4-6-12(7-5-11)28(24,25)22-17-20-8-9-27-17/h1-9H,10H2,(H,20,22)(H,21,23). The number of sulfonamides is 1. The van der Waals surface area contributed by atoms with Gasteiger partial charge in [0, 0.05) is 17.3 Å². The summed E-state index contributed by atoms with van der Waals surface area (Å²) < 4.78 is 32.3. The molecule has 0 saturated heterocycles. The molecule has 3 aromatic rings. The summed E-state index contributed by atoms with van der Waals surface area (Å²) in [7, 11) is -3.75. The van der Waals surface area contributed by atoms with Gasteiger partial charge in [-0.05, 0) is 36.4 Å². The predicted molar refractivity (Wildman–Crippen MR) is 110 cm³/mol. The maximum Gasteiger partial charge on any atom is 0.263 e. The highest BCUT2D eigenvalue weighted by molar-refractivity contribution is 7.93. The maximum atomic E-state index is 12.3. The molecule has 0 spiro atoms. The van der Waals surface area contributed by atoms with Gasteiger partial charge in [-0.3, -0.25) is 9.52 Å². The molecule has 1 amide bonds. The van der Waals surface area contributed by atoms with E-state index in [9.17, 15) is 13.2 Å². The minimum Gasteiger partial charge on any atom is -0.481 e. The van der Waals surface area contributed by atoms with Crippen LogP contribution in [0, 0.1) is 0 Å². The van der Waals surface area contributed by atoms with E-state index >= 15 is 0 Å². The largest absolute Gasteiger partial charge is 0.481 e. The number of para-hydroxylation sites is 1. The topological polar surface area (TPSA) is 97.4 Å². The quantitative estimate of drug-likeness (QED) is 0.551. The van der Waals surface area contributed by atoms with Gasteiger partial charge in [-0.15, -0.1) is 11.3 Å². The molecule has 0 saturated carbocycles. The van der Waals surface area contributed by atoms with Gasteiger partial charge in [-0.1, -0.05) is 29.3 Å². The van der Waals surface area contributed by atoms with E-state index in [1.165, 1.54) is 41.8 Å². The van der Waals surface area contributed by atoms with Crippen LogP contribution in [0.3, 0.4) is 0 Å². The van der Waals surface area contributed by atoms with Crippen LogP contribution in [0.15, 0.2) is 58.9 Å². The first kappa shape index (κ1) is 20.4. The lowest BCUT2D eigenvalue weighted by atomic mass is 10.3. The van der Waals surface area contributed by atoms with Gasteiger partial charge >= 0.3 is 0 Å². The SMILES string of the molecule is O=C(COc1c(Cl)cccc1Cl)Nc1ccc(S(=O)(=O)Nc2nccs2)cc1. The Balaban J connectivity index is 1.60. The molecule has 0 atom stereocenters. The van der Waals surface area contributed by atoms with E-state index in [4.69, 9.17) is 27.9 Å². The third kappa shape index (κ3) is 5.14. The summed E-state index contributed by atoms with van der Waals surface area (Å²) in [5.41, 5.74) is 0.409. The van der Waals surface area contributed by atoms with E-state index in [0.29, 0.717) is 15.7 Å². The van der Waals surface area contributed by atoms with Gasteiger partial charge in [0.05, 0.1) is 14.9 Å². The average molecular weight is 458 g/mol. The van der Waals surface area contributed by atoms with Crippen LogP contribution >= 0.6 is 34.5 Å². The van der Waals surface area contributed by atoms with Crippen molar-refractivity contribution in [1.29, 1.82) is 0 Å². The lowest BCUT2D eigenvalue weighted by molar-refractivity contribution is -0.118. The van der Waals surface area contributed by atoms with Crippen molar-refractivity contribution in [3.05, 3.63) is 64.1 Å². The fourth-order valence-electron chi connectivity index (χ4n) is 2.12. The Hall–Kier alpha value is -2.33. The number of aromatic nitrogens is 1. The molecule has 0 bridgehead atoms. The molecule has 3 rings (SSSR count). The van der Waals surface area contributed by atoms with Crippen molar-refractivity contribution >= 4 is 61.3 Å². The van der Waals surface area contributed by atoms with Gasteiger partial charge in [0.15, 0.2) is 17.5 Å². The van der Waals surface area contributed by atoms with Gasteiger partial charge in [-0.2, -0.15) is 0 Å². The summed E-state index contributed by atoms with van der Waals surface area (Å²) in [6.07, 6.45) is 1.50. The number of benzene rings is 2. The Morgan fingerprint density at radius 1 is 1.11 bits per heavy atom. The number of carbonyl (C=O) groups is 1. The minimum atomic E-state index is -3.75. The first-order chi connectivity index (χ1) is 13.3. The molecule has 0 aliphatic carbocycles. The van der Waals surface area contributed by atoms with Crippen LogP contribution < -0.4 is 14.8 Å². The average Bonchev–Trinajstić information content (AvgIpc) is 3.14. The zero-order valence-electron chi connectivity index (χ0n) is 14.1. The molecule has 0 fully saturated rings. The fourth-order valence-corrected chi connectivity index (χ4v) is 4.42. The summed E-state index contributed by atoms with van der Waals surface area (Å²) in [5, 5.41) is 5.12. The van der Waals surface area contributed by atoms with Crippen LogP contribution in [0.25, 0.3) is 0 Å². The van der Waals surface area contributed by atoms with Gasteiger partial charge in [0.25, 0.3) is 15.9 Å². The van der Waals surface area contributed by atoms with E-state index in [1.54, 1.807) is 23.6 Å². The number of halogens is 2. The molecule has 2 aromatic carbocycles. The Morgan fingerprint density at radius 2 is 1.79 bits per heavy atom. The van der Waals surface area contributed by atoms with Crippen LogP contribution in [0.5, 0.6) is 5.75 Å². The monoisotopic (exact) mass is 457 g/mol. The van der Waals surface area contributed by atoms with E-state index in [1.807, 2.05) is 0 Å². The van der Waals surface area contributed by atoms with Crippen LogP contribution in [0.4, 0.5) is 10.8 Å². The second-order valence-corrected chi connectivity index (χ2v) is 8.75. The van der Waals surface area contributed by atoms with Crippen molar-refractivity contribution in [3.8, 4) is 5.75 Å². The number of ether oxygens (including phenoxy) is 1. The molecule has 0 aliphatic heterocycles. The number of hydrogen-bond donors (Lipinski definition) is 2. The second-order valence-electron chi connectivity index (χ2n) is 5.35. The molecule has 28 heavy (non-hydrogen) atoms. The molecule has 7 nitrogen and oxygen atoms in total. The van der Waals surface area contributed by atoms with Gasteiger partial charge in [0.2, 0.25) is 0 Å². The van der Waals surface area contributed by atoms with Crippen molar-refractivity contribution in [2.75, 3.05) is 16.6 Å². The summed E-state index contributed by atoms with van der Waals surface area (Å²) in [4.78, 5) is 16.0. The van der Waals surface area contributed by atoms with Crippen molar-refractivity contribution in [1.82, 2.24) is 4.98 Å². The lowest BCUT2D eigenvalue weighted by Crippen LogP contribution is -2.20. The normalized spacial score (nSPS) is 11.1. The minimum absolute atomic E-state index is 0.0415. The highest BCUT2D eigenvalue weighted by atomic mass is 35.5. The highest BCUT2D eigenvalue weighted by Crippen LogP contribution is 2.32. The van der Waals surface area contributed by atoms with Crippen LogP contribution in [0.2, 0.25) is 10.0 Å². The van der Waals surface area contributed by atoms with Crippen molar-refractivity contribution < 1.29 is 17.9 Å². The Morgan fingerprint density at radius 3 is 2.39 bits per heavy atom. The van der Waals surface area contributed by atoms with Gasteiger partial charge in [0.1, 0.15) is 0 Å². The van der Waals surface area contributed by atoms with Crippen molar-refractivity contribution in [2.45, 2.75) is 4.90 Å². The Labute approximate surface area is 175 Å². The molecule has 1 aromatic heterocycles. The Bertz CT molecular complexity index is 1050. The zero-order chi connectivity index (χ0) is 20.1. The van der Waals surface area contributed by atoms with Crippen molar-refractivity contribution in [3.63, 3.8) is 0 Å². The molecule has 146 valence electrons. The number of nitrogens with zero attached hydrogens (tertiary/aromatic N) is 1. The van der Waals surface area contributed by atoms with Gasteiger partial charge < -0.3 is 10.1 Å². The zero-order valence-corrected chi connectivity index (χ0v) is 17.2.